The van der Waals surface area contributed by atoms with Crippen molar-refractivity contribution < 1.29 is 8.78 Å². The Kier molecular flexibility index (Phi) is 5.69. The lowest BCUT2D eigenvalue weighted by atomic mass is 9.99. The number of rotatable bonds is 3. The van der Waals surface area contributed by atoms with E-state index < -0.39 is 11.6 Å². The molecule has 0 fully saturated rings. The minimum atomic E-state index is -0.664. The highest BCUT2D eigenvalue weighted by molar-refractivity contribution is 6.11. The van der Waals surface area contributed by atoms with E-state index in [0.717, 1.165) is 54.7 Å². The van der Waals surface area contributed by atoms with Crippen molar-refractivity contribution in [2.75, 3.05) is 0 Å². The summed E-state index contributed by atoms with van der Waals surface area (Å²) >= 11 is 0. The Morgan fingerprint density at radius 2 is 0.977 bits per heavy atom. The van der Waals surface area contributed by atoms with E-state index in [1.807, 2.05) is 50.2 Å². The fraction of sp³-hybridized carbons (Fsp3) is 0.0513. The van der Waals surface area contributed by atoms with Crippen molar-refractivity contribution >= 4 is 43.6 Å². The van der Waals surface area contributed by atoms with E-state index in [4.69, 9.17) is 0 Å². The molecule has 0 bridgehead atoms. The average molecular weight is 574 g/mol. The lowest BCUT2D eigenvalue weighted by Gasteiger charge is -2.19. The third-order valence-corrected chi connectivity index (χ3v) is 8.60. The van der Waals surface area contributed by atoms with Gasteiger partial charge in [0.25, 0.3) is 0 Å². The highest BCUT2D eigenvalue weighted by atomic mass is 19.1. The quantitative estimate of drug-likeness (QED) is 0.207. The molecule has 0 amide bonds. The average Bonchev–Trinajstić information content (AvgIpc) is 3.52. The van der Waals surface area contributed by atoms with Gasteiger partial charge in [0.2, 0.25) is 0 Å². The standard InChI is InChI=1S/C39H25F2N3/c1-23-14-16-28-26-8-3-5-12-33(26)43(35(28)18-23)37-20-25(39-31(40)10-7-11-32(39)41)21-38(30(37)22-42)44-34-13-6-4-9-27(34)29-17-15-24(2)19-36(29)44/h3-21H,1-2H3. The van der Waals surface area contributed by atoms with Gasteiger partial charge in [-0.3, -0.25) is 0 Å². The molecular weight excluding hydrogens is 548 g/mol. The van der Waals surface area contributed by atoms with Crippen LogP contribution in [0, 0.1) is 36.8 Å². The first kappa shape index (κ1) is 25.9. The molecule has 0 aliphatic heterocycles. The molecule has 44 heavy (non-hydrogen) atoms. The van der Waals surface area contributed by atoms with Crippen molar-refractivity contribution in [1.82, 2.24) is 9.13 Å². The summed E-state index contributed by atoms with van der Waals surface area (Å²) in [6.07, 6.45) is 0. The molecule has 210 valence electrons. The van der Waals surface area contributed by atoms with Crippen molar-refractivity contribution in [3.63, 3.8) is 0 Å². The third kappa shape index (κ3) is 3.71. The molecule has 0 aliphatic carbocycles. The monoisotopic (exact) mass is 573 g/mol. The molecule has 0 unspecified atom stereocenters. The Morgan fingerprint density at radius 1 is 0.523 bits per heavy atom. The van der Waals surface area contributed by atoms with Crippen LogP contribution >= 0.6 is 0 Å². The molecule has 3 nitrogen and oxygen atoms in total. The third-order valence-electron chi connectivity index (χ3n) is 8.60. The first-order valence-corrected chi connectivity index (χ1v) is 14.5. The minimum absolute atomic E-state index is 0.131. The second-order valence-electron chi connectivity index (χ2n) is 11.3. The van der Waals surface area contributed by atoms with Crippen molar-refractivity contribution in [2.45, 2.75) is 13.8 Å². The van der Waals surface area contributed by atoms with Crippen LogP contribution in [0.1, 0.15) is 16.7 Å². The van der Waals surface area contributed by atoms with Crippen LogP contribution < -0.4 is 0 Å². The Balaban J connectivity index is 1.60. The number of nitrogens with zero attached hydrogens (tertiary/aromatic N) is 3. The SMILES string of the molecule is Cc1ccc2c3ccccc3n(-c3cc(-c4c(F)cccc4F)cc(-n4c5ccccc5c5ccc(C)cc54)c3C#N)c2c1. The highest BCUT2D eigenvalue weighted by Gasteiger charge is 2.24. The Bertz CT molecular complexity index is 2350. The van der Waals surface area contributed by atoms with Gasteiger partial charge in [0, 0.05) is 21.5 Å². The van der Waals surface area contributed by atoms with E-state index in [-0.39, 0.29) is 5.56 Å². The summed E-state index contributed by atoms with van der Waals surface area (Å²) in [5.41, 5.74) is 7.49. The predicted molar refractivity (Wildman–Crippen MR) is 175 cm³/mol. The number of hydrogen-bond donors (Lipinski definition) is 0. The second kappa shape index (κ2) is 9.65. The molecule has 2 aromatic heterocycles. The smallest absolute Gasteiger partial charge is 0.133 e. The first-order valence-electron chi connectivity index (χ1n) is 14.5. The van der Waals surface area contributed by atoms with Gasteiger partial charge in [-0.2, -0.15) is 5.26 Å². The maximum absolute atomic E-state index is 15.5. The van der Waals surface area contributed by atoms with Gasteiger partial charge in [-0.25, -0.2) is 8.78 Å². The topological polar surface area (TPSA) is 33.6 Å². The number of hydrogen-bond acceptors (Lipinski definition) is 1. The van der Waals surface area contributed by atoms with Crippen LogP contribution in [0.3, 0.4) is 0 Å². The van der Waals surface area contributed by atoms with Crippen LogP contribution in [0.15, 0.2) is 115 Å². The van der Waals surface area contributed by atoms with E-state index >= 15 is 8.78 Å². The van der Waals surface area contributed by atoms with Crippen LogP contribution in [0.4, 0.5) is 8.78 Å². The molecular formula is C39H25F2N3. The van der Waals surface area contributed by atoms with Crippen molar-refractivity contribution in [1.29, 1.82) is 5.26 Å². The lowest BCUT2D eigenvalue weighted by molar-refractivity contribution is 0.589. The van der Waals surface area contributed by atoms with Gasteiger partial charge in [0.1, 0.15) is 23.3 Å². The number of fused-ring (bicyclic) bond motifs is 6. The fourth-order valence-corrected chi connectivity index (χ4v) is 6.68. The van der Waals surface area contributed by atoms with Gasteiger partial charge in [-0.15, -0.1) is 0 Å². The normalized spacial score (nSPS) is 11.6. The molecule has 0 atom stereocenters. The molecule has 0 spiro atoms. The highest BCUT2D eigenvalue weighted by Crippen LogP contribution is 2.41. The lowest BCUT2D eigenvalue weighted by Crippen LogP contribution is -2.06. The largest absolute Gasteiger partial charge is 0.308 e. The second-order valence-corrected chi connectivity index (χ2v) is 11.3. The molecule has 0 saturated heterocycles. The Morgan fingerprint density at radius 3 is 1.45 bits per heavy atom. The molecule has 0 radical (unpaired) electrons. The number of aromatic nitrogens is 2. The number of halogens is 2. The maximum Gasteiger partial charge on any atom is 0.133 e. The maximum atomic E-state index is 15.5. The van der Waals surface area contributed by atoms with Crippen LogP contribution in [0.25, 0.3) is 66.1 Å². The number of benzene rings is 6. The van der Waals surface area contributed by atoms with E-state index in [0.29, 0.717) is 22.5 Å². The van der Waals surface area contributed by atoms with Crippen LogP contribution in [-0.4, -0.2) is 9.13 Å². The summed E-state index contributed by atoms with van der Waals surface area (Å²) < 4.78 is 35.0. The summed E-state index contributed by atoms with van der Waals surface area (Å²) in [6.45, 7) is 4.06. The van der Waals surface area contributed by atoms with Crippen LogP contribution in [0.2, 0.25) is 0 Å². The van der Waals surface area contributed by atoms with E-state index in [2.05, 4.69) is 63.7 Å². The number of nitriles is 1. The summed E-state index contributed by atoms with van der Waals surface area (Å²) in [7, 11) is 0. The van der Waals surface area contributed by atoms with E-state index in [1.54, 1.807) is 12.1 Å². The van der Waals surface area contributed by atoms with Gasteiger partial charge in [0.05, 0.1) is 39.0 Å². The zero-order valence-electron chi connectivity index (χ0n) is 24.1. The van der Waals surface area contributed by atoms with Gasteiger partial charge in [-0.1, -0.05) is 66.7 Å². The van der Waals surface area contributed by atoms with Gasteiger partial charge < -0.3 is 9.13 Å². The van der Waals surface area contributed by atoms with Crippen LogP contribution in [-0.2, 0) is 0 Å². The zero-order valence-corrected chi connectivity index (χ0v) is 24.1. The minimum Gasteiger partial charge on any atom is -0.308 e. The molecule has 0 saturated carbocycles. The Hall–Kier alpha value is -5.73. The molecule has 0 aliphatic rings. The van der Waals surface area contributed by atoms with Gasteiger partial charge in [-0.05, 0) is 79.1 Å². The number of aryl methyl sites for hydroxylation is 2. The van der Waals surface area contributed by atoms with Gasteiger partial charge in [0.15, 0.2) is 0 Å². The number of para-hydroxylation sites is 2. The van der Waals surface area contributed by atoms with E-state index in [1.165, 1.54) is 18.2 Å². The molecule has 0 N–H and O–H groups in total. The van der Waals surface area contributed by atoms with Crippen molar-refractivity contribution in [3.05, 3.63) is 144 Å². The molecule has 2 heterocycles. The zero-order chi connectivity index (χ0) is 30.1. The summed E-state index contributed by atoms with van der Waals surface area (Å²) in [6, 6.07) is 38.5. The van der Waals surface area contributed by atoms with E-state index in [9.17, 15) is 5.26 Å². The van der Waals surface area contributed by atoms with Crippen molar-refractivity contribution in [2.24, 2.45) is 0 Å². The first-order chi connectivity index (χ1) is 21.4. The molecule has 6 aromatic carbocycles. The summed E-state index contributed by atoms with van der Waals surface area (Å²) in [5, 5.41) is 15.1. The summed E-state index contributed by atoms with van der Waals surface area (Å²) in [4.78, 5) is 0. The predicted octanol–water partition coefficient (Wildman–Crippen LogP) is 10.3. The summed E-state index contributed by atoms with van der Waals surface area (Å²) in [5.74, 6) is -1.33. The molecule has 5 heteroatoms. The Labute approximate surface area is 252 Å². The molecule has 8 rings (SSSR count). The fourth-order valence-electron chi connectivity index (χ4n) is 6.68. The van der Waals surface area contributed by atoms with Crippen LogP contribution in [0.5, 0.6) is 0 Å². The van der Waals surface area contributed by atoms with Crippen molar-refractivity contribution in [3.8, 4) is 28.6 Å². The molecule has 8 aromatic rings. The van der Waals surface area contributed by atoms with Gasteiger partial charge >= 0.3 is 0 Å².